The highest BCUT2D eigenvalue weighted by molar-refractivity contribution is 6.14. The van der Waals surface area contributed by atoms with Crippen LogP contribution in [-0.2, 0) is 0 Å². The summed E-state index contributed by atoms with van der Waals surface area (Å²) in [5.74, 6) is 0. The maximum atomic E-state index is 6.42. The van der Waals surface area contributed by atoms with Crippen LogP contribution in [0.1, 0.15) is 0 Å². The maximum Gasteiger partial charge on any atom is 0.136 e. The van der Waals surface area contributed by atoms with Crippen LogP contribution < -0.4 is 4.90 Å². The van der Waals surface area contributed by atoms with Crippen LogP contribution in [0.25, 0.3) is 87.3 Å². The molecule has 0 bridgehead atoms. The van der Waals surface area contributed by atoms with Crippen LogP contribution in [0.3, 0.4) is 0 Å². The Morgan fingerprint density at radius 2 is 0.870 bits per heavy atom. The Hall–Kier alpha value is -7.16. The predicted octanol–water partition coefficient (Wildman–Crippen LogP) is 15.0. The second kappa shape index (κ2) is 12.2. The van der Waals surface area contributed by atoms with Crippen LogP contribution in [0.2, 0.25) is 0 Å². The van der Waals surface area contributed by atoms with Gasteiger partial charge in [-0.3, -0.25) is 0 Å². The molecule has 0 radical (unpaired) electrons. The molecule has 252 valence electrons. The smallest absolute Gasteiger partial charge is 0.136 e. The van der Waals surface area contributed by atoms with Crippen molar-refractivity contribution >= 4 is 82.1 Å². The lowest BCUT2D eigenvalue weighted by Crippen LogP contribution is -2.09. The lowest BCUT2D eigenvalue weighted by atomic mass is 9.92. The highest BCUT2D eigenvalue weighted by atomic mass is 16.3. The fourth-order valence-corrected chi connectivity index (χ4v) is 8.30. The van der Waals surface area contributed by atoms with Crippen molar-refractivity contribution in [2.75, 3.05) is 4.90 Å². The summed E-state index contributed by atoms with van der Waals surface area (Å²) in [7, 11) is 0. The zero-order valence-corrected chi connectivity index (χ0v) is 29.4. The quantitative estimate of drug-likeness (QED) is 0.168. The average Bonchev–Trinajstić information content (AvgIpc) is 3.59. The molecule has 0 fully saturated rings. The van der Waals surface area contributed by atoms with Gasteiger partial charge in [0.15, 0.2) is 0 Å². The molecule has 10 aromatic carbocycles. The molecule has 11 rings (SSSR count). The van der Waals surface area contributed by atoms with Crippen molar-refractivity contribution in [2.45, 2.75) is 0 Å². The molecule has 0 aliphatic rings. The van der Waals surface area contributed by atoms with Gasteiger partial charge in [-0.15, -0.1) is 0 Å². The van der Waals surface area contributed by atoms with Crippen LogP contribution >= 0.6 is 0 Å². The number of furan rings is 1. The van der Waals surface area contributed by atoms with Crippen LogP contribution in [-0.4, -0.2) is 0 Å². The number of benzene rings is 10. The second-order valence-electron chi connectivity index (χ2n) is 14.2. The molecular formula is C52H33NO. The van der Waals surface area contributed by atoms with Crippen molar-refractivity contribution in [1.82, 2.24) is 0 Å². The molecule has 0 atom stereocenters. The van der Waals surface area contributed by atoms with Crippen LogP contribution in [0.15, 0.2) is 205 Å². The summed E-state index contributed by atoms with van der Waals surface area (Å²) < 4.78 is 6.42. The van der Waals surface area contributed by atoms with Crippen LogP contribution in [0, 0.1) is 0 Å². The number of rotatable bonds is 5. The van der Waals surface area contributed by atoms with Crippen molar-refractivity contribution < 1.29 is 4.42 Å². The molecule has 1 heterocycles. The summed E-state index contributed by atoms with van der Waals surface area (Å²) in [4.78, 5) is 2.37. The molecule has 54 heavy (non-hydrogen) atoms. The van der Waals surface area contributed by atoms with E-state index in [1.165, 1.54) is 65.3 Å². The van der Waals surface area contributed by atoms with E-state index in [2.05, 4.69) is 205 Å². The third kappa shape index (κ3) is 5.03. The summed E-state index contributed by atoms with van der Waals surface area (Å²) in [6, 6.07) is 72.4. The minimum absolute atomic E-state index is 0.884. The van der Waals surface area contributed by atoms with Gasteiger partial charge >= 0.3 is 0 Å². The SMILES string of the molecule is c1ccc(-c2ccc(N(c3ccc4ccc(-c5cc6ccccc6c6ccccc56)cc4c3)c3ccc4oc5cc6ccccc6cc5c4c3)cc2)cc1. The number of hydrogen-bond donors (Lipinski definition) is 0. The van der Waals surface area contributed by atoms with Gasteiger partial charge in [0.05, 0.1) is 0 Å². The van der Waals surface area contributed by atoms with Gasteiger partial charge in [0.1, 0.15) is 11.2 Å². The number of fused-ring (bicyclic) bond motifs is 8. The summed E-state index contributed by atoms with van der Waals surface area (Å²) in [5.41, 5.74) is 9.88. The molecule has 2 nitrogen and oxygen atoms in total. The van der Waals surface area contributed by atoms with Gasteiger partial charge < -0.3 is 9.32 Å². The minimum atomic E-state index is 0.884. The monoisotopic (exact) mass is 687 g/mol. The first-order valence-electron chi connectivity index (χ1n) is 18.5. The van der Waals surface area contributed by atoms with Gasteiger partial charge in [-0.1, -0.05) is 133 Å². The van der Waals surface area contributed by atoms with E-state index in [4.69, 9.17) is 4.42 Å². The van der Waals surface area contributed by atoms with E-state index >= 15 is 0 Å². The van der Waals surface area contributed by atoms with Gasteiger partial charge in [-0.05, 0) is 132 Å². The van der Waals surface area contributed by atoms with Crippen LogP contribution in [0.4, 0.5) is 17.1 Å². The van der Waals surface area contributed by atoms with Crippen LogP contribution in [0.5, 0.6) is 0 Å². The van der Waals surface area contributed by atoms with Crippen molar-refractivity contribution in [1.29, 1.82) is 0 Å². The van der Waals surface area contributed by atoms with E-state index in [-0.39, 0.29) is 0 Å². The number of hydrogen-bond acceptors (Lipinski definition) is 2. The molecule has 11 aromatic rings. The van der Waals surface area contributed by atoms with Gasteiger partial charge in [0.2, 0.25) is 0 Å². The fourth-order valence-electron chi connectivity index (χ4n) is 8.30. The molecule has 0 saturated heterocycles. The van der Waals surface area contributed by atoms with E-state index in [0.29, 0.717) is 0 Å². The normalized spacial score (nSPS) is 11.7. The molecule has 0 unspecified atom stereocenters. The van der Waals surface area contributed by atoms with Gasteiger partial charge in [-0.25, -0.2) is 0 Å². The first-order chi connectivity index (χ1) is 26.7. The first kappa shape index (κ1) is 30.5. The third-order valence-electron chi connectivity index (χ3n) is 11.0. The Bertz CT molecular complexity index is 3210. The molecule has 0 aliphatic heterocycles. The Morgan fingerprint density at radius 1 is 0.278 bits per heavy atom. The highest BCUT2D eigenvalue weighted by Crippen LogP contribution is 2.42. The molecule has 1 aromatic heterocycles. The first-order valence-corrected chi connectivity index (χ1v) is 18.5. The summed E-state index contributed by atoms with van der Waals surface area (Å²) >= 11 is 0. The summed E-state index contributed by atoms with van der Waals surface area (Å²) in [6.07, 6.45) is 0. The van der Waals surface area contributed by atoms with E-state index in [1.807, 2.05) is 0 Å². The Labute approximate surface area is 312 Å². The van der Waals surface area contributed by atoms with E-state index in [0.717, 1.165) is 39.0 Å². The topological polar surface area (TPSA) is 16.4 Å². The molecule has 0 N–H and O–H groups in total. The fraction of sp³-hybridized carbons (Fsp3) is 0. The maximum absolute atomic E-state index is 6.42. The van der Waals surface area contributed by atoms with E-state index < -0.39 is 0 Å². The van der Waals surface area contributed by atoms with Gasteiger partial charge in [0.25, 0.3) is 0 Å². The van der Waals surface area contributed by atoms with Crippen molar-refractivity contribution in [3.63, 3.8) is 0 Å². The number of anilines is 3. The zero-order chi connectivity index (χ0) is 35.6. The van der Waals surface area contributed by atoms with Crippen molar-refractivity contribution in [3.8, 4) is 22.3 Å². The minimum Gasteiger partial charge on any atom is -0.456 e. The summed E-state index contributed by atoms with van der Waals surface area (Å²) in [6.45, 7) is 0. The second-order valence-corrected chi connectivity index (χ2v) is 14.2. The average molecular weight is 688 g/mol. The number of nitrogens with zero attached hydrogens (tertiary/aromatic N) is 1. The zero-order valence-electron chi connectivity index (χ0n) is 29.4. The molecule has 2 heteroatoms. The van der Waals surface area contributed by atoms with E-state index in [9.17, 15) is 0 Å². The third-order valence-corrected chi connectivity index (χ3v) is 11.0. The van der Waals surface area contributed by atoms with E-state index in [1.54, 1.807) is 0 Å². The lowest BCUT2D eigenvalue weighted by molar-refractivity contribution is 0.669. The predicted molar refractivity (Wildman–Crippen MR) is 229 cm³/mol. The highest BCUT2D eigenvalue weighted by Gasteiger charge is 2.17. The van der Waals surface area contributed by atoms with Crippen molar-refractivity contribution in [3.05, 3.63) is 200 Å². The Kier molecular flexibility index (Phi) is 6.90. The molecule has 0 amide bonds. The lowest BCUT2D eigenvalue weighted by Gasteiger charge is -2.26. The van der Waals surface area contributed by atoms with Crippen molar-refractivity contribution in [2.24, 2.45) is 0 Å². The Morgan fingerprint density at radius 3 is 1.70 bits per heavy atom. The Balaban J connectivity index is 1.09. The molecule has 0 aliphatic carbocycles. The molecule has 0 saturated carbocycles. The molecular weight excluding hydrogens is 655 g/mol. The van der Waals surface area contributed by atoms with Gasteiger partial charge in [0, 0.05) is 27.8 Å². The standard InChI is InChI=1S/C52H33NO/c1-2-10-34(11-3-1)35-20-23-42(24-21-35)53(44-26-27-51-50(33-44)49-30-37-12-4-5-13-38(37)32-52(49)54-51)43-25-22-36-18-19-40(28-41(36)29-43)48-31-39-14-6-7-15-45(39)46-16-8-9-17-47(46)48/h1-33H. The molecule has 0 spiro atoms. The largest absolute Gasteiger partial charge is 0.456 e. The van der Waals surface area contributed by atoms with Gasteiger partial charge in [-0.2, -0.15) is 0 Å². The summed E-state index contributed by atoms with van der Waals surface area (Å²) in [5, 5.41) is 12.1.